The number of aromatic amines is 1. The summed E-state index contributed by atoms with van der Waals surface area (Å²) in [5.41, 5.74) is 1.80. The second-order valence-electron chi connectivity index (χ2n) is 3.07. The summed E-state index contributed by atoms with van der Waals surface area (Å²) in [4.78, 5) is 18.0. The first-order valence-corrected chi connectivity index (χ1v) is 4.23. The Bertz CT molecular complexity index is 512. The Labute approximate surface area is 80.4 Å². The minimum Gasteiger partial charge on any atom is -0.326 e. The number of aromatic nitrogens is 4. The quantitative estimate of drug-likeness (QED) is 0.711. The highest BCUT2D eigenvalue weighted by atomic mass is 16.1. The number of aryl methyl sites for hydroxylation is 2. The molecule has 1 N–H and O–H groups in total. The molecule has 0 aromatic carbocycles. The van der Waals surface area contributed by atoms with Crippen molar-refractivity contribution in [2.24, 2.45) is 7.05 Å². The van der Waals surface area contributed by atoms with Gasteiger partial charge in [0.15, 0.2) is 0 Å². The van der Waals surface area contributed by atoms with Gasteiger partial charge in [0.1, 0.15) is 5.69 Å². The molecule has 0 saturated heterocycles. The maximum atomic E-state index is 11.4. The fourth-order valence-electron chi connectivity index (χ4n) is 1.38. The van der Waals surface area contributed by atoms with Gasteiger partial charge in [0, 0.05) is 31.2 Å². The van der Waals surface area contributed by atoms with Crippen LogP contribution in [0.15, 0.2) is 23.4 Å². The van der Waals surface area contributed by atoms with E-state index in [1.165, 1.54) is 6.20 Å². The lowest BCUT2D eigenvalue weighted by Gasteiger charge is -1.94. The van der Waals surface area contributed by atoms with Crippen LogP contribution in [0.4, 0.5) is 0 Å². The molecule has 0 radical (unpaired) electrons. The second-order valence-corrected chi connectivity index (χ2v) is 3.07. The maximum Gasteiger partial charge on any atom is 0.274 e. The van der Waals surface area contributed by atoms with E-state index in [2.05, 4.69) is 15.1 Å². The van der Waals surface area contributed by atoms with Gasteiger partial charge in [-0.15, -0.1) is 0 Å². The van der Waals surface area contributed by atoms with Gasteiger partial charge in [-0.1, -0.05) is 0 Å². The molecule has 0 aliphatic heterocycles. The van der Waals surface area contributed by atoms with Crippen molar-refractivity contribution in [3.05, 3.63) is 34.6 Å². The molecule has 14 heavy (non-hydrogen) atoms. The summed E-state index contributed by atoms with van der Waals surface area (Å²) < 4.78 is 1.67. The Morgan fingerprint density at radius 1 is 1.50 bits per heavy atom. The summed E-state index contributed by atoms with van der Waals surface area (Å²) in [6.45, 7) is 1.85. The van der Waals surface area contributed by atoms with Crippen LogP contribution in [0.3, 0.4) is 0 Å². The average Bonchev–Trinajstić information content (AvgIpc) is 2.46. The predicted molar refractivity (Wildman–Crippen MR) is 51.8 cm³/mol. The smallest absolute Gasteiger partial charge is 0.274 e. The molecule has 0 saturated carbocycles. The van der Waals surface area contributed by atoms with Crippen molar-refractivity contribution in [2.75, 3.05) is 0 Å². The van der Waals surface area contributed by atoms with E-state index in [1.54, 1.807) is 17.1 Å². The highest BCUT2D eigenvalue weighted by molar-refractivity contribution is 5.59. The van der Waals surface area contributed by atoms with Crippen LogP contribution < -0.4 is 5.56 Å². The van der Waals surface area contributed by atoms with Gasteiger partial charge in [0.2, 0.25) is 0 Å². The van der Waals surface area contributed by atoms with Crippen molar-refractivity contribution in [3.8, 4) is 11.3 Å². The molecule has 0 aliphatic carbocycles. The largest absolute Gasteiger partial charge is 0.326 e. The number of H-pyrrole nitrogens is 1. The van der Waals surface area contributed by atoms with Crippen LogP contribution in [0.1, 0.15) is 5.69 Å². The molecule has 0 aliphatic rings. The monoisotopic (exact) mass is 190 g/mol. The van der Waals surface area contributed by atoms with E-state index in [4.69, 9.17) is 0 Å². The van der Waals surface area contributed by atoms with Crippen LogP contribution in [-0.2, 0) is 7.05 Å². The molecule has 5 heteroatoms. The number of rotatable bonds is 1. The fourth-order valence-corrected chi connectivity index (χ4v) is 1.38. The van der Waals surface area contributed by atoms with Crippen molar-refractivity contribution >= 4 is 0 Å². The second kappa shape index (κ2) is 3.10. The third-order valence-electron chi connectivity index (χ3n) is 1.98. The van der Waals surface area contributed by atoms with Gasteiger partial charge in [-0.2, -0.15) is 5.10 Å². The van der Waals surface area contributed by atoms with E-state index in [1.807, 2.05) is 14.0 Å². The molecule has 0 fully saturated rings. The number of hydrogen-bond acceptors (Lipinski definition) is 3. The summed E-state index contributed by atoms with van der Waals surface area (Å²) in [6, 6.07) is 0. The van der Waals surface area contributed by atoms with Crippen LogP contribution in [0.5, 0.6) is 0 Å². The molecule has 0 atom stereocenters. The lowest BCUT2D eigenvalue weighted by atomic mass is 10.2. The lowest BCUT2D eigenvalue weighted by molar-refractivity contribution is 0.756. The first kappa shape index (κ1) is 8.68. The Hall–Kier alpha value is -1.91. The zero-order valence-corrected chi connectivity index (χ0v) is 7.98. The molecule has 2 aromatic heterocycles. The lowest BCUT2D eigenvalue weighted by Crippen LogP contribution is -2.09. The van der Waals surface area contributed by atoms with Crippen molar-refractivity contribution in [1.29, 1.82) is 0 Å². The minimum atomic E-state index is -0.191. The van der Waals surface area contributed by atoms with E-state index in [0.717, 1.165) is 11.3 Å². The maximum absolute atomic E-state index is 11.4. The third-order valence-corrected chi connectivity index (χ3v) is 1.98. The zero-order chi connectivity index (χ0) is 10.1. The Morgan fingerprint density at radius 3 is 2.86 bits per heavy atom. The molecule has 2 heterocycles. The van der Waals surface area contributed by atoms with Crippen LogP contribution >= 0.6 is 0 Å². The van der Waals surface area contributed by atoms with Crippen molar-refractivity contribution in [1.82, 2.24) is 19.7 Å². The number of nitrogens with one attached hydrogen (secondary N) is 1. The van der Waals surface area contributed by atoms with Gasteiger partial charge in [-0.05, 0) is 6.92 Å². The van der Waals surface area contributed by atoms with E-state index in [0.29, 0.717) is 5.69 Å². The highest BCUT2D eigenvalue weighted by Gasteiger charge is 2.09. The standard InChI is InChI=1S/C9H10N4O/c1-6-7(5-13(2)12-6)8-9(14)11-4-3-10-8/h3-5H,1-2H3,(H,11,14). The predicted octanol–water partition coefficient (Wildman–Crippen LogP) is 0.479. The molecule has 2 rings (SSSR count). The van der Waals surface area contributed by atoms with E-state index in [9.17, 15) is 4.79 Å². The minimum absolute atomic E-state index is 0.191. The van der Waals surface area contributed by atoms with Crippen LogP contribution in [0.2, 0.25) is 0 Å². The molecule has 0 amide bonds. The van der Waals surface area contributed by atoms with Gasteiger partial charge in [-0.3, -0.25) is 9.48 Å². The van der Waals surface area contributed by atoms with Gasteiger partial charge in [0.05, 0.1) is 5.69 Å². The SMILES string of the molecule is Cc1nn(C)cc1-c1ncc[nH]c1=O. The van der Waals surface area contributed by atoms with Crippen molar-refractivity contribution in [3.63, 3.8) is 0 Å². The first-order valence-electron chi connectivity index (χ1n) is 4.23. The average molecular weight is 190 g/mol. The molecular formula is C9H10N4O. The molecule has 0 unspecified atom stereocenters. The molecule has 0 bridgehead atoms. The zero-order valence-electron chi connectivity index (χ0n) is 7.98. The number of hydrogen-bond donors (Lipinski definition) is 1. The summed E-state index contributed by atoms with van der Waals surface area (Å²) in [6.07, 6.45) is 4.85. The van der Waals surface area contributed by atoms with E-state index < -0.39 is 0 Å². The van der Waals surface area contributed by atoms with E-state index in [-0.39, 0.29) is 5.56 Å². The Kier molecular flexibility index (Phi) is 1.92. The van der Waals surface area contributed by atoms with Crippen LogP contribution in [-0.4, -0.2) is 19.7 Å². The third kappa shape index (κ3) is 1.32. The Morgan fingerprint density at radius 2 is 2.29 bits per heavy atom. The molecule has 0 spiro atoms. The van der Waals surface area contributed by atoms with Crippen molar-refractivity contribution in [2.45, 2.75) is 6.92 Å². The molecule has 2 aromatic rings. The van der Waals surface area contributed by atoms with Gasteiger partial charge in [0.25, 0.3) is 5.56 Å². The number of nitrogens with zero attached hydrogens (tertiary/aromatic N) is 3. The summed E-state index contributed by atoms with van der Waals surface area (Å²) in [5, 5.41) is 4.15. The van der Waals surface area contributed by atoms with Crippen molar-refractivity contribution < 1.29 is 0 Å². The van der Waals surface area contributed by atoms with Gasteiger partial charge in [-0.25, -0.2) is 4.98 Å². The van der Waals surface area contributed by atoms with Crippen LogP contribution in [0.25, 0.3) is 11.3 Å². The highest BCUT2D eigenvalue weighted by Crippen LogP contribution is 2.15. The normalized spacial score (nSPS) is 10.4. The summed E-state index contributed by atoms with van der Waals surface area (Å²) in [7, 11) is 1.81. The Balaban J connectivity index is 2.66. The molecule has 5 nitrogen and oxygen atoms in total. The molecular weight excluding hydrogens is 180 g/mol. The van der Waals surface area contributed by atoms with E-state index >= 15 is 0 Å². The molecule has 72 valence electrons. The first-order chi connectivity index (χ1) is 6.68. The van der Waals surface area contributed by atoms with Crippen LogP contribution in [0, 0.1) is 6.92 Å². The summed E-state index contributed by atoms with van der Waals surface area (Å²) in [5.74, 6) is 0. The van der Waals surface area contributed by atoms with Gasteiger partial charge >= 0.3 is 0 Å². The topological polar surface area (TPSA) is 63.6 Å². The van der Waals surface area contributed by atoms with Gasteiger partial charge < -0.3 is 4.98 Å². The fraction of sp³-hybridized carbons (Fsp3) is 0.222. The summed E-state index contributed by atoms with van der Waals surface area (Å²) >= 11 is 0.